The number of ether oxygens (including phenoxy) is 1. The molecule has 2 heterocycles. The van der Waals surface area contributed by atoms with Crippen molar-refractivity contribution < 1.29 is 23.5 Å². The number of hydrogen-bond donors (Lipinski definition) is 1. The van der Waals surface area contributed by atoms with Crippen molar-refractivity contribution in [2.75, 3.05) is 31.1 Å². The van der Waals surface area contributed by atoms with Crippen molar-refractivity contribution in [1.82, 2.24) is 10.2 Å². The Morgan fingerprint density at radius 3 is 2.70 bits per heavy atom. The lowest BCUT2D eigenvalue weighted by atomic mass is 10.1. The van der Waals surface area contributed by atoms with Crippen molar-refractivity contribution in [2.45, 2.75) is 25.4 Å². The number of anilines is 1. The number of piperidine rings is 1. The highest BCUT2D eigenvalue weighted by molar-refractivity contribution is 5.89. The van der Waals surface area contributed by atoms with Gasteiger partial charge in [0.2, 0.25) is 12.3 Å². The predicted octanol–water partition coefficient (Wildman–Crippen LogP) is 1.48. The van der Waals surface area contributed by atoms with Crippen LogP contribution in [0.15, 0.2) is 18.2 Å². The molecule has 7 nitrogen and oxygen atoms in total. The molecule has 1 aromatic rings. The molecule has 1 saturated carbocycles. The van der Waals surface area contributed by atoms with Gasteiger partial charge in [-0.3, -0.25) is 14.5 Å². The molecule has 1 aliphatic carbocycles. The number of nitrogens with one attached hydrogen (secondary N) is 1. The first-order valence-electron chi connectivity index (χ1n) is 9.25. The Hall–Kier alpha value is -2.64. The first kappa shape index (κ1) is 17.8. The summed E-state index contributed by atoms with van der Waals surface area (Å²) in [6.07, 6.45) is 0.224. The maximum absolute atomic E-state index is 14.7. The summed E-state index contributed by atoms with van der Waals surface area (Å²) < 4.78 is 19.9. The molecule has 0 radical (unpaired) electrons. The second-order valence-electron chi connectivity index (χ2n) is 7.39. The standard InChI is InChI=1S/C19H22FN3O4/c1-2-17(25)21-6-12-7-23(19(26)27-12)11-3-4-13(16(20)5-11)18-14-8-22(10-24)9-15(14)18/h3-5,10,12,14-15,18H,2,6-9H2,1H3,(H,21,25)/t12-,14-,15+,18?/m0/s1. The van der Waals surface area contributed by atoms with Gasteiger partial charge in [0, 0.05) is 19.5 Å². The molecule has 144 valence electrons. The predicted molar refractivity (Wildman–Crippen MR) is 94.7 cm³/mol. The number of likely N-dealkylation sites (tertiary alicyclic amines) is 1. The molecule has 4 atom stereocenters. The molecule has 0 bridgehead atoms. The Balaban J connectivity index is 1.40. The third-order valence-electron chi connectivity index (χ3n) is 5.75. The van der Waals surface area contributed by atoms with Crippen LogP contribution in [0.2, 0.25) is 0 Å². The summed E-state index contributed by atoms with van der Waals surface area (Å²) in [6.45, 7) is 3.63. The van der Waals surface area contributed by atoms with E-state index < -0.39 is 12.2 Å². The number of rotatable bonds is 6. The lowest BCUT2D eigenvalue weighted by Crippen LogP contribution is -2.34. The number of cyclic esters (lactones) is 1. The zero-order chi connectivity index (χ0) is 19.1. The van der Waals surface area contributed by atoms with Gasteiger partial charge >= 0.3 is 6.09 Å². The molecule has 1 unspecified atom stereocenters. The normalized spacial score (nSPS) is 28.7. The van der Waals surface area contributed by atoms with E-state index in [4.69, 9.17) is 4.74 Å². The van der Waals surface area contributed by atoms with Crippen LogP contribution in [0.1, 0.15) is 24.8 Å². The van der Waals surface area contributed by atoms with E-state index in [1.165, 1.54) is 11.0 Å². The molecule has 1 aromatic carbocycles. The molecule has 0 spiro atoms. The summed E-state index contributed by atoms with van der Waals surface area (Å²) in [5.41, 5.74) is 1.10. The lowest BCUT2D eigenvalue weighted by Gasteiger charge is -2.17. The van der Waals surface area contributed by atoms with Crippen LogP contribution in [-0.2, 0) is 14.3 Å². The third-order valence-corrected chi connectivity index (χ3v) is 5.75. The summed E-state index contributed by atoms with van der Waals surface area (Å²) in [6, 6.07) is 4.84. The fraction of sp³-hybridized carbons (Fsp3) is 0.526. The average molecular weight is 375 g/mol. The van der Waals surface area contributed by atoms with Crippen LogP contribution in [0.3, 0.4) is 0 Å². The van der Waals surface area contributed by atoms with Crippen LogP contribution in [0, 0.1) is 17.7 Å². The Morgan fingerprint density at radius 1 is 1.33 bits per heavy atom. The fourth-order valence-electron chi connectivity index (χ4n) is 4.25. The van der Waals surface area contributed by atoms with Gasteiger partial charge in [-0.05, 0) is 35.4 Å². The molecule has 2 saturated heterocycles. The molecule has 3 aliphatic rings. The molecule has 27 heavy (non-hydrogen) atoms. The second kappa shape index (κ2) is 6.83. The fourth-order valence-corrected chi connectivity index (χ4v) is 4.25. The SMILES string of the molecule is CCC(=O)NC[C@H]1CN(c2ccc(C3[C@H]4CN(C=O)C[C@@H]34)c(F)c2)C(=O)O1. The van der Waals surface area contributed by atoms with E-state index in [0.29, 0.717) is 42.6 Å². The molecule has 8 heteroatoms. The number of halogens is 1. The maximum Gasteiger partial charge on any atom is 0.414 e. The topological polar surface area (TPSA) is 79.0 Å². The summed E-state index contributed by atoms with van der Waals surface area (Å²) in [7, 11) is 0. The largest absolute Gasteiger partial charge is 0.442 e. The molecular weight excluding hydrogens is 353 g/mol. The van der Waals surface area contributed by atoms with Gasteiger partial charge in [-0.15, -0.1) is 0 Å². The Morgan fingerprint density at radius 2 is 2.07 bits per heavy atom. The van der Waals surface area contributed by atoms with Crippen molar-refractivity contribution in [3.8, 4) is 0 Å². The summed E-state index contributed by atoms with van der Waals surface area (Å²) >= 11 is 0. The molecule has 4 rings (SSSR count). The molecule has 2 aliphatic heterocycles. The van der Waals surface area contributed by atoms with Gasteiger partial charge in [-0.1, -0.05) is 13.0 Å². The first-order chi connectivity index (χ1) is 13.0. The van der Waals surface area contributed by atoms with Gasteiger partial charge in [-0.2, -0.15) is 0 Å². The van der Waals surface area contributed by atoms with E-state index in [9.17, 15) is 18.8 Å². The highest BCUT2D eigenvalue weighted by Gasteiger charge is 2.56. The average Bonchev–Trinajstić information content (AvgIpc) is 3.00. The van der Waals surface area contributed by atoms with Gasteiger partial charge < -0.3 is 15.0 Å². The van der Waals surface area contributed by atoms with E-state index in [2.05, 4.69) is 5.32 Å². The first-order valence-corrected chi connectivity index (χ1v) is 9.25. The van der Waals surface area contributed by atoms with Gasteiger partial charge in [0.25, 0.3) is 0 Å². The Kier molecular flexibility index (Phi) is 4.49. The van der Waals surface area contributed by atoms with Crippen LogP contribution in [0.25, 0.3) is 0 Å². The van der Waals surface area contributed by atoms with Crippen molar-refractivity contribution >= 4 is 24.1 Å². The van der Waals surface area contributed by atoms with Crippen molar-refractivity contribution in [2.24, 2.45) is 11.8 Å². The Labute approximate surface area is 156 Å². The van der Waals surface area contributed by atoms with E-state index >= 15 is 0 Å². The third kappa shape index (κ3) is 3.24. The molecule has 3 fully saturated rings. The minimum absolute atomic E-state index is 0.108. The monoisotopic (exact) mass is 375 g/mol. The lowest BCUT2D eigenvalue weighted by molar-refractivity contribution is -0.121. The van der Waals surface area contributed by atoms with Gasteiger partial charge in [0.05, 0.1) is 18.8 Å². The van der Waals surface area contributed by atoms with Crippen LogP contribution >= 0.6 is 0 Å². The quantitative estimate of drug-likeness (QED) is 0.764. The van der Waals surface area contributed by atoms with E-state index in [-0.39, 0.29) is 30.7 Å². The van der Waals surface area contributed by atoms with E-state index in [1.54, 1.807) is 24.0 Å². The molecule has 0 aromatic heterocycles. The smallest absolute Gasteiger partial charge is 0.414 e. The molecular formula is C19H22FN3O4. The van der Waals surface area contributed by atoms with Gasteiger partial charge in [0.15, 0.2) is 0 Å². The van der Waals surface area contributed by atoms with Crippen LogP contribution in [0.4, 0.5) is 14.9 Å². The van der Waals surface area contributed by atoms with Crippen LogP contribution in [-0.4, -0.2) is 55.6 Å². The second-order valence-corrected chi connectivity index (χ2v) is 7.39. The van der Waals surface area contributed by atoms with Crippen molar-refractivity contribution in [1.29, 1.82) is 0 Å². The number of amides is 3. The number of carbonyl (C=O) groups is 3. The number of benzene rings is 1. The summed E-state index contributed by atoms with van der Waals surface area (Å²) in [5, 5.41) is 2.70. The number of fused-ring (bicyclic) bond motifs is 1. The zero-order valence-corrected chi connectivity index (χ0v) is 15.1. The number of hydrogen-bond acceptors (Lipinski definition) is 4. The van der Waals surface area contributed by atoms with Crippen molar-refractivity contribution in [3.05, 3.63) is 29.6 Å². The number of nitrogens with zero attached hydrogens (tertiary/aromatic N) is 2. The number of carbonyl (C=O) groups excluding carboxylic acids is 3. The Bertz CT molecular complexity index is 774. The molecule has 1 N–H and O–H groups in total. The highest BCUT2D eigenvalue weighted by atomic mass is 19.1. The van der Waals surface area contributed by atoms with Gasteiger partial charge in [-0.25, -0.2) is 9.18 Å². The zero-order valence-electron chi connectivity index (χ0n) is 15.1. The van der Waals surface area contributed by atoms with Crippen LogP contribution < -0.4 is 10.2 Å². The van der Waals surface area contributed by atoms with Crippen LogP contribution in [0.5, 0.6) is 0 Å². The highest BCUT2D eigenvalue weighted by Crippen LogP contribution is 2.58. The maximum atomic E-state index is 14.7. The summed E-state index contributed by atoms with van der Waals surface area (Å²) in [5.74, 6) is 0.374. The summed E-state index contributed by atoms with van der Waals surface area (Å²) in [4.78, 5) is 37.4. The van der Waals surface area contributed by atoms with E-state index in [0.717, 1.165) is 6.41 Å². The molecule has 3 amide bonds. The minimum atomic E-state index is -0.539. The van der Waals surface area contributed by atoms with Crippen molar-refractivity contribution in [3.63, 3.8) is 0 Å². The minimum Gasteiger partial charge on any atom is -0.442 e. The van der Waals surface area contributed by atoms with E-state index in [1.807, 2.05) is 0 Å². The van der Waals surface area contributed by atoms with Gasteiger partial charge in [0.1, 0.15) is 11.9 Å².